The number of nitrogens with one attached hydrogen (secondary N) is 1. The largest absolute Gasteiger partial charge is 0.485 e. The maximum absolute atomic E-state index is 12.3. The quantitative estimate of drug-likeness (QED) is 0.387. The SMILES string of the molecule is Cc1c(OCc2nnc(SCC(=O)Nc3nnc(C4CC4)s3)n2C)ccc2ccccc12. The molecule has 32 heavy (non-hydrogen) atoms. The molecule has 2 aromatic heterocycles. The lowest BCUT2D eigenvalue weighted by atomic mass is 10.0. The first-order chi connectivity index (χ1) is 15.6. The van der Waals surface area contributed by atoms with Crippen molar-refractivity contribution in [2.75, 3.05) is 11.1 Å². The van der Waals surface area contributed by atoms with Gasteiger partial charge in [0, 0.05) is 13.0 Å². The summed E-state index contributed by atoms with van der Waals surface area (Å²) in [5.74, 6) is 2.13. The predicted molar refractivity (Wildman–Crippen MR) is 125 cm³/mol. The van der Waals surface area contributed by atoms with Crippen molar-refractivity contribution in [3.63, 3.8) is 0 Å². The molecule has 1 saturated carbocycles. The Kier molecular flexibility index (Phi) is 5.79. The van der Waals surface area contributed by atoms with Crippen molar-refractivity contribution >= 4 is 44.9 Å². The smallest absolute Gasteiger partial charge is 0.236 e. The van der Waals surface area contributed by atoms with E-state index >= 15 is 0 Å². The van der Waals surface area contributed by atoms with Crippen LogP contribution < -0.4 is 10.1 Å². The lowest BCUT2D eigenvalue weighted by Gasteiger charge is -2.11. The first-order valence-corrected chi connectivity index (χ1v) is 12.1. The van der Waals surface area contributed by atoms with Crippen LogP contribution in [0.5, 0.6) is 5.75 Å². The molecule has 0 unspecified atom stereocenters. The monoisotopic (exact) mass is 466 g/mol. The maximum atomic E-state index is 12.3. The van der Waals surface area contributed by atoms with Gasteiger partial charge in [-0.1, -0.05) is 53.4 Å². The fourth-order valence-electron chi connectivity index (χ4n) is 3.37. The molecule has 8 nitrogen and oxygen atoms in total. The van der Waals surface area contributed by atoms with Crippen LogP contribution in [-0.4, -0.2) is 36.6 Å². The number of carbonyl (C=O) groups is 1. The van der Waals surface area contributed by atoms with Gasteiger partial charge in [0.2, 0.25) is 11.0 Å². The average molecular weight is 467 g/mol. The van der Waals surface area contributed by atoms with Gasteiger partial charge in [0.1, 0.15) is 17.4 Å². The molecule has 5 rings (SSSR count). The van der Waals surface area contributed by atoms with Crippen LogP contribution in [-0.2, 0) is 18.4 Å². The number of benzene rings is 2. The van der Waals surface area contributed by atoms with Crippen molar-refractivity contribution in [2.24, 2.45) is 7.05 Å². The molecule has 2 heterocycles. The first kappa shape index (κ1) is 20.9. The molecule has 1 aliphatic carbocycles. The molecule has 4 aromatic rings. The third-order valence-corrected chi connectivity index (χ3v) is 7.40. The third-order valence-electron chi connectivity index (χ3n) is 5.38. The minimum atomic E-state index is -0.138. The van der Waals surface area contributed by atoms with Gasteiger partial charge in [0.15, 0.2) is 11.0 Å². The number of carbonyl (C=O) groups excluding carboxylic acids is 1. The van der Waals surface area contributed by atoms with Crippen LogP contribution in [0.3, 0.4) is 0 Å². The second-order valence-electron chi connectivity index (χ2n) is 7.71. The zero-order valence-corrected chi connectivity index (χ0v) is 19.4. The third kappa shape index (κ3) is 4.46. The van der Waals surface area contributed by atoms with Crippen molar-refractivity contribution < 1.29 is 9.53 Å². The van der Waals surface area contributed by atoms with E-state index < -0.39 is 0 Å². The molecule has 0 bridgehead atoms. The molecule has 0 atom stereocenters. The van der Waals surface area contributed by atoms with Crippen LogP contribution in [0.2, 0.25) is 0 Å². The average Bonchev–Trinajstić information content (AvgIpc) is 3.45. The summed E-state index contributed by atoms with van der Waals surface area (Å²) in [6, 6.07) is 12.3. The highest BCUT2D eigenvalue weighted by molar-refractivity contribution is 7.99. The Morgan fingerprint density at radius 2 is 2.03 bits per heavy atom. The van der Waals surface area contributed by atoms with Crippen LogP contribution in [0, 0.1) is 6.92 Å². The van der Waals surface area contributed by atoms with E-state index in [1.807, 2.05) is 29.8 Å². The Bertz CT molecular complexity index is 1280. The van der Waals surface area contributed by atoms with E-state index in [1.165, 1.54) is 33.9 Å². The van der Waals surface area contributed by atoms with E-state index in [-0.39, 0.29) is 11.7 Å². The van der Waals surface area contributed by atoms with E-state index in [0.29, 0.717) is 28.6 Å². The molecule has 1 amide bonds. The first-order valence-electron chi connectivity index (χ1n) is 10.3. The Balaban J connectivity index is 1.17. The van der Waals surface area contributed by atoms with Crippen LogP contribution in [0.4, 0.5) is 5.13 Å². The molecule has 0 radical (unpaired) electrons. The molecular weight excluding hydrogens is 444 g/mol. The molecule has 1 fully saturated rings. The second-order valence-corrected chi connectivity index (χ2v) is 9.66. The van der Waals surface area contributed by atoms with Gasteiger partial charge >= 0.3 is 0 Å². The van der Waals surface area contributed by atoms with Crippen molar-refractivity contribution in [3.8, 4) is 5.75 Å². The van der Waals surface area contributed by atoms with E-state index in [4.69, 9.17) is 4.74 Å². The summed E-state index contributed by atoms with van der Waals surface area (Å²) >= 11 is 2.78. The minimum Gasteiger partial charge on any atom is -0.485 e. The van der Waals surface area contributed by atoms with Crippen molar-refractivity contribution in [1.29, 1.82) is 0 Å². The number of rotatable bonds is 8. The zero-order valence-electron chi connectivity index (χ0n) is 17.7. The van der Waals surface area contributed by atoms with Crippen LogP contribution in [0.25, 0.3) is 10.8 Å². The van der Waals surface area contributed by atoms with Crippen molar-refractivity contribution in [1.82, 2.24) is 25.0 Å². The topological polar surface area (TPSA) is 94.8 Å². The summed E-state index contributed by atoms with van der Waals surface area (Å²) in [7, 11) is 1.87. The molecule has 164 valence electrons. The highest BCUT2D eigenvalue weighted by Crippen LogP contribution is 2.42. The van der Waals surface area contributed by atoms with E-state index in [9.17, 15) is 4.79 Å². The normalized spacial score (nSPS) is 13.4. The molecule has 1 N–H and O–H groups in total. The molecule has 0 aliphatic heterocycles. The van der Waals surface area contributed by atoms with Crippen LogP contribution in [0.1, 0.15) is 35.2 Å². The van der Waals surface area contributed by atoms with Gasteiger partial charge in [-0.25, -0.2) is 0 Å². The molecular formula is C22H22N6O2S2. The molecule has 2 aromatic carbocycles. The number of amides is 1. The number of thioether (sulfide) groups is 1. The number of aromatic nitrogens is 5. The van der Waals surface area contributed by atoms with Crippen molar-refractivity contribution in [3.05, 3.63) is 52.8 Å². The summed E-state index contributed by atoms with van der Waals surface area (Å²) in [5, 5.41) is 24.0. The Labute approximate surface area is 193 Å². The number of ether oxygens (including phenoxy) is 1. The van der Waals surface area contributed by atoms with E-state index in [0.717, 1.165) is 29.2 Å². The Hall–Kier alpha value is -2.98. The van der Waals surface area contributed by atoms with E-state index in [2.05, 4.69) is 50.8 Å². The highest BCUT2D eigenvalue weighted by atomic mass is 32.2. The van der Waals surface area contributed by atoms with Gasteiger partial charge in [-0.2, -0.15) is 0 Å². The fourth-order valence-corrected chi connectivity index (χ4v) is 5.03. The fraction of sp³-hybridized carbons (Fsp3) is 0.318. The lowest BCUT2D eigenvalue weighted by molar-refractivity contribution is -0.113. The predicted octanol–water partition coefficient (Wildman–Crippen LogP) is 4.32. The van der Waals surface area contributed by atoms with Crippen molar-refractivity contribution in [2.45, 2.75) is 37.4 Å². The molecule has 1 aliphatic rings. The minimum absolute atomic E-state index is 0.138. The van der Waals surface area contributed by atoms with Crippen LogP contribution in [0.15, 0.2) is 41.6 Å². The van der Waals surface area contributed by atoms with E-state index in [1.54, 1.807) is 0 Å². The molecule has 0 saturated heterocycles. The Morgan fingerprint density at radius 1 is 1.19 bits per heavy atom. The number of aryl methyl sites for hydroxylation is 1. The standard InChI is InChI=1S/C22H22N6O2S2/c1-13-16-6-4-3-5-14(16)9-10-17(13)30-11-18-24-27-22(28(18)2)31-12-19(29)23-21-26-25-20(32-21)15-7-8-15/h3-6,9-10,15H,7-8,11-12H2,1-2H3,(H,23,26,29). The summed E-state index contributed by atoms with van der Waals surface area (Å²) in [6.45, 7) is 2.35. The maximum Gasteiger partial charge on any atom is 0.236 e. The molecule has 0 spiro atoms. The van der Waals surface area contributed by atoms with Gasteiger partial charge < -0.3 is 9.30 Å². The summed E-state index contributed by atoms with van der Waals surface area (Å²) in [4.78, 5) is 12.3. The van der Waals surface area contributed by atoms with Crippen LogP contribution >= 0.6 is 23.1 Å². The number of hydrogen-bond acceptors (Lipinski definition) is 8. The summed E-state index contributed by atoms with van der Waals surface area (Å²) in [5.41, 5.74) is 1.10. The highest BCUT2D eigenvalue weighted by Gasteiger charge is 2.27. The zero-order chi connectivity index (χ0) is 22.1. The van der Waals surface area contributed by atoms with Gasteiger partial charge in [-0.15, -0.1) is 20.4 Å². The van der Waals surface area contributed by atoms with Gasteiger partial charge in [-0.3, -0.25) is 10.1 Å². The second kappa shape index (κ2) is 8.87. The number of anilines is 1. The number of hydrogen-bond donors (Lipinski definition) is 1. The Morgan fingerprint density at radius 3 is 2.88 bits per heavy atom. The van der Waals surface area contributed by atoms with Gasteiger partial charge in [-0.05, 0) is 42.2 Å². The van der Waals surface area contributed by atoms with Gasteiger partial charge in [0.05, 0.1) is 5.75 Å². The summed E-state index contributed by atoms with van der Waals surface area (Å²) < 4.78 is 7.88. The number of nitrogens with zero attached hydrogens (tertiary/aromatic N) is 5. The lowest BCUT2D eigenvalue weighted by Crippen LogP contribution is -2.14. The summed E-state index contributed by atoms with van der Waals surface area (Å²) in [6.07, 6.45) is 2.33. The molecule has 10 heteroatoms. The van der Waals surface area contributed by atoms with Gasteiger partial charge in [0.25, 0.3) is 0 Å². The number of fused-ring (bicyclic) bond motifs is 1.